The predicted molar refractivity (Wildman–Crippen MR) is 101 cm³/mol. The molecule has 5 nitrogen and oxygen atoms in total. The van der Waals surface area contributed by atoms with E-state index in [1.54, 1.807) is 0 Å². The van der Waals surface area contributed by atoms with Crippen LogP contribution < -0.4 is 10.2 Å². The first-order valence-electron chi connectivity index (χ1n) is 8.24. The van der Waals surface area contributed by atoms with Crippen LogP contribution in [0.5, 0.6) is 0 Å². The van der Waals surface area contributed by atoms with Gasteiger partial charge in [0.1, 0.15) is 5.01 Å². The van der Waals surface area contributed by atoms with E-state index in [0.717, 1.165) is 28.1 Å². The smallest absolute Gasteiger partial charge is 0.237 e. The van der Waals surface area contributed by atoms with Gasteiger partial charge in [0, 0.05) is 24.5 Å². The molecule has 0 spiro atoms. The zero-order valence-corrected chi connectivity index (χ0v) is 15.6. The molecule has 1 amide bonds. The highest BCUT2D eigenvalue weighted by Crippen LogP contribution is 2.27. The summed E-state index contributed by atoms with van der Waals surface area (Å²) in [5, 5.41) is 11.7. The van der Waals surface area contributed by atoms with E-state index < -0.39 is 0 Å². The summed E-state index contributed by atoms with van der Waals surface area (Å²) in [6.45, 7) is 6.05. The van der Waals surface area contributed by atoms with Crippen LogP contribution in [0.2, 0.25) is 0 Å². The molecule has 7 heteroatoms. The Hall–Kier alpha value is -1.60. The maximum absolute atomic E-state index is 12.3. The van der Waals surface area contributed by atoms with Crippen LogP contribution in [0, 0.1) is 6.92 Å². The van der Waals surface area contributed by atoms with Crippen molar-refractivity contribution in [3.05, 3.63) is 29.3 Å². The highest BCUT2D eigenvalue weighted by molar-refractivity contribution is 8.02. The van der Waals surface area contributed by atoms with E-state index in [1.807, 2.05) is 26.0 Å². The molecule has 24 heavy (non-hydrogen) atoms. The maximum atomic E-state index is 12.3. The molecule has 2 aromatic rings. The lowest BCUT2D eigenvalue weighted by Crippen LogP contribution is -2.29. The first kappa shape index (κ1) is 17.2. The minimum Gasteiger partial charge on any atom is -0.372 e. The number of nitrogens with one attached hydrogen (secondary N) is 1. The van der Waals surface area contributed by atoms with Crippen LogP contribution >= 0.6 is 23.1 Å². The van der Waals surface area contributed by atoms with Gasteiger partial charge in [-0.15, -0.1) is 10.2 Å². The Labute approximate surface area is 150 Å². The second-order valence-corrected chi connectivity index (χ2v) is 8.70. The van der Waals surface area contributed by atoms with E-state index in [4.69, 9.17) is 0 Å². The molecule has 2 heterocycles. The molecule has 0 bridgehead atoms. The molecule has 128 valence electrons. The molecule has 0 saturated carbocycles. The number of hydrogen-bond acceptors (Lipinski definition) is 6. The van der Waals surface area contributed by atoms with Gasteiger partial charge >= 0.3 is 0 Å². The van der Waals surface area contributed by atoms with E-state index >= 15 is 0 Å². The van der Waals surface area contributed by atoms with Crippen molar-refractivity contribution in [3.8, 4) is 0 Å². The van der Waals surface area contributed by atoms with E-state index in [-0.39, 0.29) is 11.2 Å². The fourth-order valence-electron chi connectivity index (χ4n) is 2.68. The summed E-state index contributed by atoms with van der Waals surface area (Å²) in [7, 11) is 0. The fourth-order valence-corrected chi connectivity index (χ4v) is 4.64. The summed E-state index contributed by atoms with van der Waals surface area (Å²) in [5.41, 5.74) is 2.07. The van der Waals surface area contributed by atoms with Crippen molar-refractivity contribution in [2.75, 3.05) is 23.3 Å². The zero-order valence-electron chi connectivity index (χ0n) is 14.0. The summed E-state index contributed by atoms with van der Waals surface area (Å²) in [6, 6.07) is 8.14. The standard InChI is InChI=1S/C17H22N4OS2/c1-12(23-17-20-19-13(2)24-17)16(22)18-14-6-8-15(9-7-14)21-10-4-3-5-11-21/h6-9,12H,3-5,10-11H2,1-2H3,(H,18,22). The molecule has 1 atom stereocenters. The Morgan fingerprint density at radius 2 is 1.92 bits per heavy atom. The van der Waals surface area contributed by atoms with Crippen molar-refractivity contribution in [2.24, 2.45) is 0 Å². The van der Waals surface area contributed by atoms with Gasteiger partial charge in [-0.2, -0.15) is 0 Å². The van der Waals surface area contributed by atoms with Crippen molar-refractivity contribution in [1.82, 2.24) is 10.2 Å². The van der Waals surface area contributed by atoms with Crippen LogP contribution in [0.1, 0.15) is 31.2 Å². The topological polar surface area (TPSA) is 58.1 Å². The van der Waals surface area contributed by atoms with Crippen LogP contribution in [0.25, 0.3) is 0 Å². The Bertz CT molecular complexity index is 680. The van der Waals surface area contributed by atoms with Gasteiger partial charge in [-0.1, -0.05) is 23.1 Å². The molecule has 1 aromatic heterocycles. The number of carbonyl (C=O) groups is 1. The molecule has 1 fully saturated rings. The Morgan fingerprint density at radius 1 is 1.21 bits per heavy atom. The van der Waals surface area contributed by atoms with E-state index in [9.17, 15) is 4.79 Å². The molecule has 1 aromatic carbocycles. The fraction of sp³-hybridized carbons (Fsp3) is 0.471. The number of rotatable bonds is 5. The molecule has 1 saturated heterocycles. The second-order valence-electron chi connectivity index (χ2n) is 5.93. The Kier molecular flexibility index (Phi) is 5.73. The Morgan fingerprint density at radius 3 is 2.54 bits per heavy atom. The van der Waals surface area contributed by atoms with Crippen molar-refractivity contribution in [1.29, 1.82) is 0 Å². The summed E-state index contributed by atoms with van der Waals surface area (Å²) in [4.78, 5) is 14.7. The molecule has 1 aliphatic heterocycles. The van der Waals surface area contributed by atoms with Crippen LogP contribution in [0.3, 0.4) is 0 Å². The van der Waals surface area contributed by atoms with Crippen molar-refractivity contribution >= 4 is 40.4 Å². The van der Waals surface area contributed by atoms with Gasteiger partial charge in [-0.05, 0) is 57.4 Å². The first-order valence-corrected chi connectivity index (χ1v) is 9.94. The summed E-state index contributed by atoms with van der Waals surface area (Å²) in [5.74, 6) is -0.0152. The average molecular weight is 363 g/mol. The van der Waals surface area contributed by atoms with Gasteiger partial charge in [0.2, 0.25) is 5.91 Å². The molecule has 0 aliphatic carbocycles. The molecular formula is C17H22N4OS2. The summed E-state index contributed by atoms with van der Waals surface area (Å²) >= 11 is 2.96. The monoisotopic (exact) mass is 362 g/mol. The van der Waals surface area contributed by atoms with Gasteiger partial charge in [0.25, 0.3) is 0 Å². The van der Waals surface area contributed by atoms with Crippen LogP contribution in [-0.4, -0.2) is 34.4 Å². The van der Waals surface area contributed by atoms with Crippen LogP contribution in [-0.2, 0) is 4.79 Å². The molecular weight excluding hydrogens is 340 g/mol. The minimum absolute atomic E-state index is 0.0152. The number of carbonyl (C=O) groups excluding carboxylic acids is 1. The van der Waals surface area contributed by atoms with Gasteiger partial charge < -0.3 is 10.2 Å². The number of anilines is 2. The quantitative estimate of drug-likeness (QED) is 0.816. The first-order chi connectivity index (χ1) is 11.6. The highest BCUT2D eigenvalue weighted by Gasteiger charge is 2.17. The number of aryl methyl sites for hydroxylation is 1. The van der Waals surface area contributed by atoms with Gasteiger partial charge in [-0.3, -0.25) is 4.79 Å². The second kappa shape index (κ2) is 7.98. The maximum Gasteiger partial charge on any atom is 0.237 e. The van der Waals surface area contributed by atoms with Crippen molar-refractivity contribution in [3.63, 3.8) is 0 Å². The summed E-state index contributed by atoms with van der Waals surface area (Å²) in [6.07, 6.45) is 3.85. The van der Waals surface area contributed by atoms with E-state index in [1.165, 1.54) is 48.0 Å². The largest absolute Gasteiger partial charge is 0.372 e. The minimum atomic E-state index is -0.209. The van der Waals surface area contributed by atoms with Crippen LogP contribution in [0.15, 0.2) is 28.6 Å². The highest BCUT2D eigenvalue weighted by atomic mass is 32.2. The number of benzene rings is 1. The lowest BCUT2D eigenvalue weighted by atomic mass is 10.1. The normalized spacial score (nSPS) is 16.0. The third kappa shape index (κ3) is 4.48. The zero-order chi connectivity index (χ0) is 16.9. The Balaban J connectivity index is 1.55. The number of amides is 1. The molecule has 1 aliphatic rings. The average Bonchev–Trinajstić information content (AvgIpc) is 3.01. The van der Waals surface area contributed by atoms with E-state index in [0.29, 0.717) is 0 Å². The third-order valence-corrected chi connectivity index (χ3v) is 6.03. The third-order valence-electron chi connectivity index (χ3n) is 4.01. The number of piperidine rings is 1. The molecule has 3 rings (SSSR count). The van der Waals surface area contributed by atoms with Crippen LogP contribution in [0.4, 0.5) is 11.4 Å². The number of aromatic nitrogens is 2. The number of thioether (sulfide) groups is 1. The van der Waals surface area contributed by atoms with Crippen molar-refractivity contribution < 1.29 is 4.79 Å². The molecule has 1 N–H and O–H groups in total. The summed E-state index contributed by atoms with van der Waals surface area (Å²) < 4.78 is 0.829. The van der Waals surface area contributed by atoms with Gasteiger partial charge in [-0.25, -0.2) is 0 Å². The van der Waals surface area contributed by atoms with Crippen molar-refractivity contribution in [2.45, 2.75) is 42.7 Å². The lowest BCUT2D eigenvalue weighted by Gasteiger charge is -2.28. The van der Waals surface area contributed by atoms with Gasteiger partial charge in [0.15, 0.2) is 4.34 Å². The number of nitrogens with zero attached hydrogens (tertiary/aromatic N) is 3. The lowest BCUT2D eigenvalue weighted by molar-refractivity contribution is -0.115. The molecule has 1 unspecified atom stereocenters. The number of hydrogen-bond donors (Lipinski definition) is 1. The predicted octanol–water partition coefficient (Wildman–Crippen LogP) is 3.96. The molecule has 0 radical (unpaired) electrons. The van der Waals surface area contributed by atoms with Gasteiger partial charge in [0.05, 0.1) is 5.25 Å². The SMILES string of the molecule is Cc1nnc(SC(C)C(=O)Nc2ccc(N3CCCCC3)cc2)s1. The van der Waals surface area contributed by atoms with E-state index in [2.05, 4.69) is 32.5 Å².